The highest BCUT2D eigenvalue weighted by Crippen LogP contribution is 2.66. The maximum Gasteiger partial charge on any atom is 0.236 e. The number of nitrogens with one attached hydrogen (secondary N) is 1. The third-order valence-corrected chi connectivity index (χ3v) is 16.7. The van der Waals surface area contributed by atoms with E-state index in [0.29, 0.717) is 22.2 Å². The fourth-order valence-corrected chi connectivity index (χ4v) is 10.6. The summed E-state index contributed by atoms with van der Waals surface area (Å²) in [5, 5.41) is 2.74. The minimum atomic E-state index is -3.26. The molecular formula is C52H57ClN4O8S2. The Labute approximate surface area is 399 Å². The molecule has 1 amide bonds. The molecule has 2 aliphatic carbocycles. The Bertz CT molecular complexity index is 2960. The third-order valence-electron chi connectivity index (χ3n) is 12.9. The number of nitrogen functional groups attached to an aromatic ring is 1. The van der Waals surface area contributed by atoms with Crippen molar-refractivity contribution in [3.63, 3.8) is 0 Å². The maximum absolute atomic E-state index is 13.5. The molecule has 2 saturated carbocycles. The first-order valence-electron chi connectivity index (χ1n) is 21.8. The number of carbonyl (C=O) groups is 2. The highest BCUT2D eigenvalue weighted by atomic mass is 35.5. The van der Waals surface area contributed by atoms with Crippen molar-refractivity contribution < 1.29 is 35.9 Å². The lowest BCUT2D eigenvalue weighted by Gasteiger charge is -2.21. The second-order valence-electron chi connectivity index (χ2n) is 17.8. The van der Waals surface area contributed by atoms with Crippen molar-refractivity contribution in [1.82, 2.24) is 9.97 Å². The first-order valence-corrected chi connectivity index (χ1v) is 25.4. The molecule has 0 radical (unpaired) electrons. The predicted octanol–water partition coefficient (Wildman–Crippen LogP) is 10.1. The van der Waals surface area contributed by atoms with Crippen LogP contribution in [0.15, 0.2) is 143 Å². The van der Waals surface area contributed by atoms with Crippen molar-refractivity contribution in [2.75, 3.05) is 36.8 Å². The van der Waals surface area contributed by atoms with Crippen LogP contribution in [-0.2, 0) is 40.1 Å². The molecule has 2 aromatic heterocycles. The van der Waals surface area contributed by atoms with Gasteiger partial charge < -0.3 is 20.5 Å². The first kappa shape index (κ1) is 50.3. The fraction of sp³-hybridized carbons (Fsp3) is 0.308. The van der Waals surface area contributed by atoms with Crippen LogP contribution in [0.5, 0.6) is 11.5 Å². The average molecular weight is 966 g/mol. The quantitative estimate of drug-likeness (QED) is 0.105. The molecule has 3 N–H and O–H groups in total. The summed E-state index contributed by atoms with van der Waals surface area (Å²) >= 11 is 5.75. The van der Waals surface area contributed by atoms with Gasteiger partial charge in [-0.25, -0.2) is 26.8 Å². The number of ether oxygens (including phenoxy) is 2. The third kappa shape index (κ3) is 10.6. The highest BCUT2D eigenvalue weighted by Gasteiger charge is 2.67. The molecule has 2 heterocycles. The number of rotatable bonds is 13. The summed E-state index contributed by atoms with van der Waals surface area (Å²) in [5.74, 6) is 2.50. The van der Waals surface area contributed by atoms with Gasteiger partial charge in [-0.2, -0.15) is 0 Å². The number of amides is 1. The monoisotopic (exact) mass is 964 g/mol. The first-order chi connectivity index (χ1) is 31.6. The van der Waals surface area contributed by atoms with Crippen LogP contribution in [0.2, 0.25) is 0 Å². The van der Waals surface area contributed by atoms with E-state index < -0.39 is 30.5 Å². The number of anilines is 2. The van der Waals surface area contributed by atoms with Gasteiger partial charge in [0.05, 0.1) is 57.7 Å². The summed E-state index contributed by atoms with van der Waals surface area (Å²) in [6.07, 6.45) is 1.56. The van der Waals surface area contributed by atoms with Crippen molar-refractivity contribution in [2.24, 2.45) is 10.8 Å². The van der Waals surface area contributed by atoms with Crippen molar-refractivity contribution in [2.45, 2.75) is 75.0 Å². The van der Waals surface area contributed by atoms with E-state index in [1.54, 1.807) is 88.7 Å². The number of halogens is 1. The van der Waals surface area contributed by atoms with E-state index in [1.165, 1.54) is 0 Å². The summed E-state index contributed by atoms with van der Waals surface area (Å²) in [5.41, 5.74) is 9.21. The van der Waals surface area contributed by atoms with Gasteiger partial charge in [-0.1, -0.05) is 102 Å². The molecule has 2 fully saturated rings. The van der Waals surface area contributed by atoms with Gasteiger partial charge >= 0.3 is 0 Å². The Morgan fingerprint density at radius 2 is 0.985 bits per heavy atom. The number of benzene rings is 4. The van der Waals surface area contributed by atoms with E-state index >= 15 is 0 Å². The Hall–Kier alpha value is -6.09. The predicted molar refractivity (Wildman–Crippen MR) is 265 cm³/mol. The molecule has 15 heteroatoms. The average Bonchev–Trinajstić information content (AvgIpc) is 4.16. The van der Waals surface area contributed by atoms with E-state index in [0.717, 1.165) is 52.3 Å². The zero-order chi connectivity index (χ0) is 49.0. The van der Waals surface area contributed by atoms with Crippen molar-refractivity contribution in [1.29, 1.82) is 0 Å². The summed E-state index contributed by atoms with van der Waals surface area (Å²) in [6, 6.07) is 39.3. The van der Waals surface area contributed by atoms with Crippen molar-refractivity contribution in [3.05, 3.63) is 145 Å². The summed E-state index contributed by atoms with van der Waals surface area (Å²) in [4.78, 5) is 34.5. The standard InChI is InChI=1S/C26H28N2O4S.C13H15ClO2.C13H14N2O2S/c1-5-33(30,31)21-15-9-18(10-16-21)22-7-6-8-23(27-22)28-24(29)26(17-25(26,2)3)19-11-13-20(32-4)14-12-19;1-12(2)8-13(12,11(14)15)9-4-6-10(16-3)7-5-9;1-2-18(16,17)11-8-6-10(7-9-11)12-4-3-5-13(14)15-12/h6-16H,5,17H2,1-4H3,(H,27,28,29);4-7H,8H2,1-3H3;3-9H,2H2,1H3,(H2,14,15). The molecule has 8 rings (SSSR count). The van der Waals surface area contributed by atoms with Crippen molar-refractivity contribution in [3.8, 4) is 34.0 Å². The molecule has 0 aliphatic heterocycles. The van der Waals surface area contributed by atoms with Crippen LogP contribution in [0.3, 0.4) is 0 Å². The Balaban J connectivity index is 0.000000183. The van der Waals surface area contributed by atoms with E-state index in [1.807, 2.05) is 72.8 Å². The molecule has 2 atom stereocenters. The number of sulfone groups is 2. The summed E-state index contributed by atoms with van der Waals surface area (Å²) in [6.45, 7) is 11.6. The van der Waals surface area contributed by atoms with Crippen LogP contribution in [0.1, 0.15) is 65.5 Å². The van der Waals surface area contributed by atoms with E-state index in [-0.39, 0.29) is 38.4 Å². The number of hydrogen-bond acceptors (Lipinski definition) is 11. The lowest BCUT2D eigenvalue weighted by molar-refractivity contribution is -0.119. The zero-order valence-corrected chi connectivity index (χ0v) is 41.4. The number of hydrogen-bond donors (Lipinski definition) is 2. The number of aromatic nitrogens is 2. The van der Waals surface area contributed by atoms with Crippen LogP contribution in [0.25, 0.3) is 22.5 Å². The SMILES string of the molecule is CCS(=O)(=O)c1ccc(-c2cccc(N)n2)cc1.CCS(=O)(=O)c1ccc(-c2cccc(NC(=O)C3(c4ccc(OC)cc4)CC3(C)C)n2)cc1.COc1ccc(C2(C(=O)Cl)CC2(C)C)cc1. The molecule has 2 unspecified atom stereocenters. The minimum absolute atomic E-state index is 0.0412. The van der Waals surface area contributed by atoms with Crippen LogP contribution >= 0.6 is 11.6 Å². The normalized spacial score (nSPS) is 18.7. The van der Waals surface area contributed by atoms with Crippen LogP contribution in [-0.4, -0.2) is 63.7 Å². The van der Waals surface area contributed by atoms with Gasteiger partial charge in [-0.15, -0.1) is 0 Å². The van der Waals surface area contributed by atoms with Gasteiger partial charge in [-0.3, -0.25) is 9.59 Å². The minimum Gasteiger partial charge on any atom is -0.497 e. The number of nitrogens with two attached hydrogens (primary N) is 1. The summed E-state index contributed by atoms with van der Waals surface area (Å²) in [7, 11) is -3.17. The molecule has 2 aliphatic rings. The second kappa shape index (κ2) is 19.6. The molecule has 352 valence electrons. The van der Waals surface area contributed by atoms with Crippen LogP contribution < -0.4 is 20.5 Å². The van der Waals surface area contributed by atoms with Gasteiger partial charge in [0.1, 0.15) is 23.1 Å². The second-order valence-corrected chi connectivity index (χ2v) is 22.7. The Morgan fingerprint density at radius 1 is 0.597 bits per heavy atom. The summed E-state index contributed by atoms with van der Waals surface area (Å²) < 4.78 is 57.8. The largest absolute Gasteiger partial charge is 0.497 e. The molecule has 4 aromatic carbocycles. The van der Waals surface area contributed by atoms with E-state index in [9.17, 15) is 26.4 Å². The molecule has 67 heavy (non-hydrogen) atoms. The van der Waals surface area contributed by atoms with Crippen LogP contribution in [0, 0.1) is 10.8 Å². The van der Waals surface area contributed by atoms with Gasteiger partial charge in [0.15, 0.2) is 19.7 Å². The topological polar surface area (TPSA) is 185 Å². The van der Waals surface area contributed by atoms with E-state index in [4.69, 9.17) is 26.8 Å². The van der Waals surface area contributed by atoms with Gasteiger partial charge in [0.2, 0.25) is 11.1 Å². The van der Waals surface area contributed by atoms with E-state index in [2.05, 4.69) is 43.0 Å². The highest BCUT2D eigenvalue weighted by molar-refractivity contribution is 7.91. The van der Waals surface area contributed by atoms with Crippen LogP contribution in [0.4, 0.5) is 11.6 Å². The number of nitrogens with zero attached hydrogens (tertiary/aromatic N) is 2. The molecule has 12 nitrogen and oxygen atoms in total. The Kier molecular flexibility index (Phi) is 14.7. The number of methoxy groups -OCH3 is 2. The fourth-order valence-electron chi connectivity index (χ4n) is 8.44. The molecular weight excluding hydrogens is 908 g/mol. The lowest BCUT2D eigenvalue weighted by Crippen LogP contribution is -2.32. The van der Waals surface area contributed by atoms with Gasteiger partial charge in [0, 0.05) is 11.1 Å². The van der Waals surface area contributed by atoms with Gasteiger partial charge in [-0.05, 0) is 119 Å². The van der Waals surface area contributed by atoms with Crippen molar-refractivity contribution >= 4 is 54.1 Å². The lowest BCUT2D eigenvalue weighted by atomic mass is 9.87. The molecule has 6 aromatic rings. The zero-order valence-electron chi connectivity index (χ0n) is 39.0. The van der Waals surface area contributed by atoms with Gasteiger partial charge in [0.25, 0.3) is 0 Å². The number of pyridine rings is 2. The Morgan fingerprint density at radius 3 is 1.34 bits per heavy atom. The molecule has 0 spiro atoms. The maximum atomic E-state index is 13.5. The number of carbonyl (C=O) groups excluding carboxylic acids is 2. The molecule has 0 bridgehead atoms. The smallest absolute Gasteiger partial charge is 0.236 e. The molecule has 0 saturated heterocycles.